The highest BCUT2D eigenvalue weighted by atomic mass is 14.8. The maximum absolute atomic E-state index is 7.25. The molecule has 1 aliphatic heterocycles. The Kier molecular flexibility index (Phi) is 1.69. The molecule has 1 nitrogen and oxygen atoms in total. The highest BCUT2D eigenvalue weighted by molar-refractivity contribution is 4.54. The third-order valence-corrected chi connectivity index (χ3v) is 1.38. The fourth-order valence-corrected chi connectivity index (χ4v) is 0.913. The van der Waals surface area contributed by atoms with E-state index in [4.69, 9.17) is 1.41 Å². The highest BCUT2D eigenvalue weighted by Gasteiger charge is 1.94. The van der Waals surface area contributed by atoms with E-state index < -0.39 is 0 Å². The Labute approximate surface area is 46.6 Å². The summed E-state index contributed by atoms with van der Waals surface area (Å²) in [4.78, 5) is 0. The van der Waals surface area contributed by atoms with Crippen molar-refractivity contribution in [2.45, 2.75) is 25.7 Å². The van der Waals surface area contributed by atoms with Crippen LogP contribution in [0.4, 0.5) is 0 Å². The lowest BCUT2D eigenvalue weighted by molar-refractivity contribution is 0.702. The van der Waals surface area contributed by atoms with E-state index in [0.29, 0.717) is 0 Å². The molecule has 1 N–H and O–H groups in total. The maximum atomic E-state index is 7.25. The van der Waals surface area contributed by atoms with E-state index in [-0.39, 0.29) is 0 Å². The van der Waals surface area contributed by atoms with Crippen molar-refractivity contribution in [3.63, 3.8) is 0 Å². The summed E-state index contributed by atoms with van der Waals surface area (Å²) in [5.74, 6) is 0. The van der Waals surface area contributed by atoms with Crippen LogP contribution < -0.4 is 5.31 Å². The van der Waals surface area contributed by atoms with E-state index in [1.54, 1.807) is 5.31 Å². The van der Waals surface area contributed by atoms with Gasteiger partial charge in [0, 0.05) is 0 Å². The first-order chi connectivity index (χ1) is 3.89. The van der Waals surface area contributed by atoms with Gasteiger partial charge < -0.3 is 5.31 Å². The van der Waals surface area contributed by atoms with Gasteiger partial charge in [-0.25, -0.2) is 0 Å². The van der Waals surface area contributed by atoms with Crippen molar-refractivity contribution in [1.82, 2.24) is 5.31 Å². The predicted molar refractivity (Wildman–Crippen MR) is 31.3 cm³/mol. The number of rotatable bonds is 0. The minimum absolute atomic E-state index is 0.986. The van der Waals surface area contributed by atoms with E-state index in [1.165, 1.54) is 25.7 Å². The molecule has 1 aliphatic rings. The molecule has 1 fully saturated rings. The summed E-state index contributed by atoms with van der Waals surface area (Å²) in [6.07, 6.45) is 5.11. The molecule has 0 spiro atoms. The van der Waals surface area contributed by atoms with Crippen molar-refractivity contribution in [1.29, 1.82) is 0 Å². The van der Waals surface area contributed by atoms with Crippen molar-refractivity contribution in [3.8, 4) is 0 Å². The molecule has 0 radical (unpaired) electrons. The Morgan fingerprint density at radius 1 is 1.00 bits per heavy atom. The second-order valence-corrected chi connectivity index (χ2v) is 2.09. The molecule has 0 aromatic heterocycles. The highest BCUT2D eigenvalue weighted by Crippen LogP contribution is 2.00. The number of hydrogen-bond donors (Lipinski definition) is 1. The molecule has 0 atom stereocenters. The molecular weight excluding hydrogens is 86.1 g/mol. The zero-order valence-electron chi connectivity index (χ0n) is 5.69. The quantitative estimate of drug-likeness (QED) is 0.481. The fourth-order valence-electron chi connectivity index (χ4n) is 0.913. The van der Waals surface area contributed by atoms with E-state index >= 15 is 0 Å². The van der Waals surface area contributed by atoms with Crippen LogP contribution in [0.1, 0.15) is 25.7 Å². The molecule has 0 aromatic carbocycles. The molecule has 1 saturated heterocycles. The summed E-state index contributed by atoms with van der Waals surface area (Å²) < 4.78 is 7.25. The lowest BCUT2D eigenvalue weighted by Gasteiger charge is -1.91. The Bertz CT molecular complexity index is 57.5. The van der Waals surface area contributed by atoms with Gasteiger partial charge in [-0.15, -0.1) is 0 Å². The molecule has 0 bridgehead atoms. The minimum Gasteiger partial charge on any atom is -0.317 e. The zero-order valence-corrected chi connectivity index (χ0v) is 4.69. The van der Waals surface area contributed by atoms with Crippen LogP contribution in [-0.2, 0) is 0 Å². The minimum atomic E-state index is 0.986. The first-order valence-electron chi connectivity index (χ1n) is 3.58. The first kappa shape index (κ1) is 3.90. The summed E-state index contributed by atoms with van der Waals surface area (Å²) in [6, 6.07) is 0. The zero-order chi connectivity index (χ0) is 5.82. The molecular formula is C6H13N. The van der Waals surface area contributed by atoms with Crippen LogP contribution in [0, 0.1) is 0 Å². The molecule has 0 unspecified atom stereocenters. The van der Waals surface area contributed by atoms with Crippen LogP contribution in [0.2, 0.25) is 1.41 Å². The monoisotopic (exact) mass is 100 g/mol. The van der Waals surface area contributed by atoms with Gasteiger partial charge in [0.2, 0.25) is 0 Å². The van der Waals surface area contributed by atoms with Gasteiger partial charge in [-0.2, -0.15) is 0 Å². The van der Waals surface area contributed by atoms with Crippen LogP contribution in [-0.4, -0.2) is 13.1 Å². The van der Waals surface area contributed by atoms with Crippen molar-refractivity contribution in [2.24, 2.45) is 0 Å². The number of nitrogens with one attached hydrogen (secondary N) is 1. The standard InChI is InChI=1S/C6H13N/c1-2-4-6-7-5-3-1/h7H,1-6H2/i/hD. The molecule has 1 rings (SSSR count). The maximum Gasteiger partial charge on any atom is 0.122 e. The van der Waals surface area contributed by atoms with Crippen LogP contribution in [0.15, 0.2) is 0 Å². The van der Waals surface area contributed by atoms with E-state index in [1.807, 2.05) is 0 Å². The van der Waals surface area contributed by atoms with Gasteiger partial charge in [-0.05, 0) is 25.9 Å². The summed E-state index contributed by atoms with van der Waals surface area (Å²) in [5.41, 5.74) is 0. The van der Waals surface area contributed by atoms with Gasteiger partial charge in [0.15, 0.2) is 0 Å². The van der Waals surface area contributed by atoms with Crippen molar-refractivity contribution < 1.29 is 1.41 Å². The number of hydrogen-bond acceptors (Lipinski definition) is 1. The summed E-state index contributed by atoms with van der Waals surface area (Å²) >= 11 is 0. The topological polar surface area (TPSA) is 12.0 Å². The summed E-state index contributed by atoms with van der Waals surface area (Å²) in [7, 11) is 0. The van der Waals surface area contributed by atoms with Crippen molar-refractivity contribution in [2.75, 3.05) is 13.1 Å². The van der Waals surface area contributed by atoms with Gasteiger partial charge in [0.25, 0.3) is 0 Å². The average Bonchev–Trinajstić information content (AvgIpc) is 1.94. The van der Waals surface area contributed by atoms with E-state index in [9.17, 15) is 0 Å². The van der Waals surface area contributed by atoms with Crippen LogP contribution in [0.5, 0.6) is 0 Å². The van der Waals surface area contributed by atoms with Gasteiger partial charge in [0.1, 0.15) is 1.41 Å². The van der Waals surface area contributed by atoms with Gasteiger partial charge >= 0.3 is 0 Å². The Morgan fingerprint density at radius 3 is 2.14 bits per heavy atom. The Balaban J connectivity index is 2.17. The average molecular weight is 100 g/mol. The fraction of sp³-hybridized carbons (Fsp3) is 1.00. The second-order valence-electron chi connectivity index (χ2n) is 2.09. The van der Waals surface area contributed by atoms with Gasteiger partial charge in [-0.3, -0.25) is 0 Å². The smallest absolute Gasteiger partial charge is 0.122 e. The third-order valence-electron chi connectivity index (χ3n) is 1.38. The lowest BCUT2D eigenvalue weighted by Crippen LogP contribution is -2.12. The summed E-state index contributed by atoms with van der Waals surface area (Å²) in [5, 5.41) is 1.67. The van der Waals surface area contributed by atoms with Crippen LogP contribution in [0.3, 0.4) is 0 Å². The van der Waals surface area contributed by atoms with Crippen molar-refractivity contribution in [3.05, 3.63) is 0 Å². The second kappa shape index (κ2) is 3.03. The largest absolute Gasteiger partial charge is 0.317 e. The molecule has 1 heterocycles. The molecule has 1 heteroatoms. The molecule has 0 aromatic rings. The Hall–Kier alpha value is -0.0400. The predicted octanol–water partition coefficient (Wildman–Crippen LogP) is 1.15. The molecule has 7 heavy (non-hydrogen) atoms. The normalized spacial score (nSPS) is 28.9. The molecule has 42 valence electrons. The van der Waals surface area contributed by atoms with Gasteiger partial charge in [-0.1, -0.05) is 12.8 Å². The third kappa shape index (κ3) is 1.93. The molecule has 0 amide bonds. The van der Waals surface area contributed by atoms with Crippen LogP contribution >= 0.6 is 0 Å². The molecule has 0 saturated carbocycles. The SMILES string of the molecule is [2H]N1CCCCCC1. The molecule has 0 aliphatic carbocycles. The van der Waals surface area contributed by atoms with Crippen LogP contribution in [0.25, 0.3) is 0 Å². The first-order valence-corrected chi connectivity index (χ1v) is 3.13. The lowest BCUT2D eigenvalue weighted by atomic mass is 10.2. The Morgan fingerprint density at radius 2 is 1.57 bits per heavy atom. The van der Waals surface area contributed by atoms with Crippen molar-refractivity contribution >= 4 is 0 Å². The van der Waals surface area contributed by atoms with E-state index in [2.05, 4.69) is 0 Å². The summed E-state index contributed by atoms with van der Waals surface area (Å²) in [6.45, 7) is 1.97. The van der Waals surface area contributed by atoms with Gasteiger partial charge in [0.05, 0.1) is 0 Å². The van der Waals surface area contributed by atoms with E-state index in [0.717, 1.165) is 13.1 Å².